The number of hydrogen-bond acceptors (Lipinski definition) is 6. The second kappa shape index (κ2) is 9.41. The average molecular weight is 417 g/mol. The fourth-order valence-corrected chi connectivity index (χ4v) is 2.74. The summed E-state index contributed by atoms with van der Waals surface area (Å²) >= 11 is 0. The molecule has 0 radical (unpaired) electrons. The van der Waals surface area contributed by atoms with E-state index in [9.17, 15) is 20.2 Å². The van der Waals surface area contributed by atoms with Crippen LogP contribution in [0.1, 0.15) is 19.6 Å². The normalized spacial score (nSPS) is 11.1. The third-order valence-corrected chi connectivity index (χ3v) is 4.10. The third kappa shape index (κ3) is 5.58. The first-order chi connectivity index (χ1) is 14.9. The van der Waals surface area contributed by atoms with Crippen molar-refractivity contribution >= 4 is 23.4 Å². The Morgan fingerprint density at radius 2 is 1.94 bits per heavy atom. The molecular formula is C23H19N3O5. The number of nitro benzene ring substituents is 1. The van der Waals surface area contributed by atoms with Crippen LogP contribution in [0.2, 0.25) is 0 Å². The van der Waals surface area contributed by atoms with Crippen molar-refractivity contribution in [1.29, 1.82) is 5.26 Å². The highest BCUT2D eigenvalue weighted by molar-refractivity contribution is 6.09. The molecule has 0 aliphatic heterocycles. The molecule has 1 heterocycles. The lowest BCUT2D eigenvalue weighted by molar-refractivity contribution is -0.384. The van der Waals surface area contributed by atoms with Crippen LogP contribution in [0, 0.1) is 21.4 Å². The minimum atomic E-state index is -0.586. The molecule has 1 N–H and O–H groups in total. The standard InChI is InChI=1S/C23H19N3O5/c1-15(2)30-20-5-3-4-18(13-20)25-23(27)17(14-24)12-21-10-11-22(31-21)16-6-8-19(9-7-16)26(28)29/h3-13,15H,1-2H3,(H,25,27)/b17-12+. The molecule has 0 aliphatic rings. The quantitative estimate of drug-likeness (QED) is 0.245. The smallest absolute Gasteiger partial charge is 0.269 e. The van der Waals surface area contributed by atoms with E-state index in [4.69, 9.17) is 9.15 Å². The van der Waals surface area contributed by atoms with Crippen LogP contribution in [0.4, 0.5) is 11.4 Å². The van der Waals surface area contributed by atoms with Gasteiger partial charge < -0.3 is 14.5 Å². The number of benzene rings is 2. The lowest BCUT2D eigenvalue weighted by atomic mass is 10.1. The molecule has 0 saturated carbocycles. The van der Waals surface area contributed by atoms with E-state index in [1.165, 1.54) is 18.2 Å². The number of ether oxygens (including phenoxy) is 1. The van der Waals surface area contributed by atoms with E-state index < -0.39 is 10.8 Å². The van der Waals surface area contributed by atoms with E-state index in [2.05, 4.69) is 5.32 Å². The van der Waals surface area contributed by atoms with Crippen molar-refractivity contribution in [2.75, 3.05) is 5.32 Å². The van der Waals surface area contributed by atoms with Crippen LogP contribution in [0.15, 0.2) is 70.7 Å². The number of nitro groups is 1. The van der Waals surface area contributed by atoms with Gasteiger partial charge in [0.2, 0.25) is 0 Å². The van der Waals surface area contributed by atoms with Crippen LogP contribution < -0.4 is 10.1 Å². The summed E-state index contributed by atoms with van der Waals surface area (Å²) in [7, 11) is 0. The summed E-state index contributed by atoms with van der Waals surface area (Å²) in [5.74, 6) is 0.779. The van der Waals surface area contributed by atoms with Crippen molar-refractivity contribution in [2.24, 2.45) is 0 Å². The minimum Gasteiger partial charge on any atom is -0.491 e. The number of non-ortho nitro benzene ring substituents is 1. The molecule has 8 nitrogen and oxygen atoms in total. The van der Waals surface area contributed by atoms with E-state index in [0.717, 1.165) is 0 Å². The second-order valence-corrected chi connectivity index (χ2v) is 6.82. The average Bonchev–Trinajstić information content (AvgIpc) is 3.20. The largest absolute Gasteiger partial charge is 0.491 e. The van der Waals surface area contributed by atoms with Crippen molar-refractivity contribution in [3.63, 3.8) is 0 Å². The summed E-state index contributed by atoms with van der Waals surface area (Å²) in [4.78, 5) is 22.8. The van der Waals surface area contributed by atoms with Crippen molar-refractivity contribution in [3.05, 3.63) is 82.1 Å². The van der Waals surface area contributed by atoms with Crippen LogP contribution in [0.3, 0.4) is 0 Å². The number of anilines is 1. The van der Waals surface area contributed by atoms with Gasteiger partial charge in [0.15, 0.2) is 0 Å². The van der Waals surface area contributed by atoms with Crippen LogP contribution in [-0.2, 0) is 4.79 Å². The zero-order valence-corrected chi connectivity index (χ0v) is 16.9. The van der Waals surface area contributed by atoms with Crippen molar-refractivity contribution in [2.45, 2.75) is 20.0 Å². The molecule has 1 aromatic heterocycles. The zero-order valence-electron chi connectivity index (χ0n) is 16.9. The molecule has 0 unspecified atom stereocenters. The number of rotatable bonds is 7. The predicted molar refractivity (Wildman–Crippen MR) is 115 cm³/mol. The van der Waals surface area contributed by atoms with Crippen LogP contribution in [0.5, 0.6) is 5.75 Å². The highest BCUT2D eigenvalue weighted by atomic mass is 16.6. The minimum absolute atomic E-state index is 0.00980. The zero-order chi connectivity index (χ0) is 22.4. The number of nitrogens with one attached hydrogen (secondary N) is 1. The fourth-order valence-electron chi connectivity index (χ4n) is 2.74. The summed E-state index contributed by atoms with van der Waals surface area (Å²) < 4.78 is 11.3. The van der Waals surface area contributed by atoms with Crippen LogP contribution in [-0.4, -0.2) is 16.9 Å². The molecular weight excluding hydrogens is 398 g/mol. The van der Waals surface area contributed by atoms with Gasteiger partial charge in [0.25, 0.3) is 11.6 Å². The predicted octanol–water partition coefficient (Wildman–Crippen LogP) is 5.19. The van der Waals surface area contributed by atoms with E-state index >= 15 is 0 Å². The lowest BCUT2D eigenvalue weighted by Crippen LogP contribution is -2.13. The molecule has 3 rings (SSSR count). The Morgan fingerprint density at radius 1 is 1.19 bits per heavy atom. The molecule has 0 spiro atoms. The summed E-state index contributed by atoms with van der Waals surface area (Å²) in [5, 5.41) is 22.8. The van der Waals surface area contributed by atoms with Gasteiger partial charge in [-0.2, -0.15) is 5.26 Å². The molecule has 8 heteroatoms. The maximum atomic E-state index is 12.5. The molecule has 2 aromatic carbocycles. The first-order valence-electron chi connectivity index (χ1n) is 9.40. The Hall–Kier alpha value is -4.38. The first kappa shape index (κ1) is 21.3. The Morgan fingerprint density at radius 3 is 2.58 bits per heavy atom. The number of carbonyl (C=O) groups excluding carboxylic acids is 1. The summed E-state index contributed by atoms with van der Waals surface area (Å²) in [6.07, 6.45) is 1.32. The van der Waals surface area contributed by atoms with Gasteiger partial charge in [0.05, 0.1) is 11.0 Å². The maximum Gasteiger partial charge on any atom is 0.269 e. The molecule has 0 atom stereocenters. The molecule has 0 aliphatic carbocycles. The molecule has 0 fully saturated rings. The van der Waals surface area contributed by atoms with Crippen LogP contribution >= 0.6 is 0 Å². The Labute approximate surface area is 178 Å². The molecule has 156 valence electrons. The number of carbonyl (C=O) groups is 1. The second-order valence-electron chi connectivity index (χ2n) is 6.82. The van der Waals surface area contributed by atoms with Gasteiger partial charge >= 0.3 is 0 Å². The van der Waals surface area contributed by atoms with E-state index in [-0.39, 0.29) is 17.4 Å². The molecule has 3 aromatic rings. The summed E-state index contributed by atoms with van der Waals surface area (Å²) in [6.45, 7) is 3.80. The SMILES string of the molecule is CC(C)Oc1cccc(NC(=O)/C(C#N)=C/c2ccc(-c3ccc([N+](=O)[O-])cc3)o2)c1. The van der Waals surface area contributed by atoms with Gasteiger partial charge in [-0.1, -0.05) is 6.07 Å². The fraction of sp³-hybridized carbons (Fsp3) is 0.130. The molecule has 31 heavy (non-hydrogen) atoms. The van der Waals surface area contributed by atoms with E-state index in [1.807, 2.05) is 19.9 Å². The number of nitriles is 1. The Kier molecular flexibility index (Phi) is 6.48. The summed E-state index contributed by atoms with van der Waals surface area (Å²) in [5.41, 5.74) is 0.965. The topological polar surface area (TPSA) is 118 Å². The van der Waals surface area contributed by atoms with Gasteiger partial charge in [-0.25, -0.2) is 0 Å². The van der Waals surface area contributed by atoms with Gasteiger partial charge in [-0.15, -0.1) is 0 Å². The molecule has 0 bridgehead atoms. The van der Waals surface area contributed by atoms with Crippen LogP contribution in [0.25, 0.3) is 17.4 Å². The number of nitrogens with zero attached hydrogens (tertiary/aromatic N) is 2. The Bertz CT molecular complexity index is 1170. The number of hydrogen-bond donors (Lipinski definition) is 1. The van der Waals surface area contributed by atoms with E-state index in [1.54, 1.807) is 48.5 Å². The number of furan rings is 1. The lowest BCUT2D eigenvalue weighted by Gasteiger charge is -2.11. The van der Waals surface area contributed by atoms with Gasteiger partial charge in [0.1, 0.15) is 28.9 Å². The van der Waals surface area contributed by atoms with Crippen molar-refractivity contribution in [3.8, 4) is 23.1 Å². The van der Waals surface area contributed by atoms with Gasteiger partial charge in [0, 0.05) is 35.5 Å². The van der Waals surface area contributed by atoms with E-state index in [0.29, 0.717) is 28.5 Å². The Balaban J connectivity index is 1.75. The summed E-state index contributed by atoms with van der Waals surface area (Å²) in [6, 6.07) is 17.9. The molecule has 0 saturated heterocycles. The third-order valence-electron chi connectivity index (χ3n) is 4.10. The monoisotopic (exact) mass is 417 g/mol. The highest BCUT2D eigenvalue weighted by Crippen LogP contribution is 2.26. The first-order valence-corrected chi connectivity index (χ1v) is 9.40. The van der Waals surface area contributed by atoms with Gasteiger partial charge in [-0.3, -0.25) is 14.9 Å². The maximum absolute atomic E-state index is 12.5. The molecule has 1 amide bonds. The number of amides is 1. The van der Waals surface area contributed by atoms with Crippen molar-refractivity contribution in [1.82, 2.24) is 0 Å². The van der Waals surface area contributed by atoms with Gasteiger partial charge in [-0.05, 0) is 50.2 Å². The highest BCUT2D eigenvalue weighted by Gasteiger charge is 2.13. The van der Waals surface area contributed by atoms with Crippen molar-refractivity contribution < 1.29 is 18.9 Å².